The van der Waals surface area contributed by atoms with Crippen LogP contribution in [0.5, 0.6) is 0 Å². The maximum absolute atomic E-state index is 11.1. The van der Waals surface area contributed by atoms with E-state index in [-0.39, 0.29) is 17.9 Å². The summed E-state index contributed by atoms with van der Waals surface area (Å²) in [6.45, 7) is 1.45. The van der Waals surface area contributed by atoms with Crippen molar-refractivity contribution in [2.75, 3.05) is 19.0 Å². The third-order valence-electron chi connectivity index (χ3n) is 2.34. The van der Waals surface area contributed by atoms with Crippen LogP contribution in [0.2, 0.25) is 0 Å². The van der Waals surface area contributed by atoms with Gasteiger partial charge in [-0.2, -0.15) is 0 Å². The van der Waals surface area contributed by atoms with Gasteiger partial charge in [-0.05, 0) is 6.42 Å². The second kappa shape index (κ2) is 2.64. The fraction of sp³-hybridized carbons (Fsp3) is 0.857. The van der Waals surface area contributed by atoms with Gasteiger partial charge in [-0.25, -0.2) is 0 Å². The van der Waals surface area contributed by atoms with Crippen molar-refractivity contribution >= 4 is 17.5 Å². The van der Waals surface area contributed by atoms with Gasteiger partial charge >= 0.3 is 0 Å². The molecule has 4 heteroatoms. The molecule has 2 rings (SSSR count). The standard InChI is InChI=1S/C7H10ClNO2/c8-2-7(10)9-3-6-1-5(9)4-11-6/h5-6H,1-4H2/t5-,6+/m0/s1. The highest BCUT2D eigenvalue weighted by molar-refractivity contribution is 6.27. The number of likely N-dealkylation sites (tertiary alicyclic amines) is 1. The number of fused-ring (bicyclic) bond motifs is 2. The molecular formula is C7H10ClNO2. The molecule has 0 saturated carbocycles. The van der Waals surface area contributed by atoms with E-state index < -0.39 is 0 Å². The van der Waals surface area contributed by atoms with E-state index in [1.807, 2.05) is 4.90 Å². The summed E-state index contributed by atoms with van der Waals surface area (Å²) in [4.78, 5) is 13.0. The molecule has 1 amide bonds. The number of hydrogen-bond acceptors (Lipinski definition) is 2. The van der Waals surface area contributed by atoms with Gasteiger partial charge in [0.25, 0.3) is 0 Å². The minimum absolute atomic E-state index is 0.0440. The molecule has 2 fully saturated rings. The second-order valence-electron chi connectivity index (χ2n) is 3.02. The zero-order chi connectivity index (χ0) is 7.84. The SMILES string of the molecule is O=C(CCl)N1C[C@H]2C[C@H]1CO2. The number of ether oxygens (including phenoxy) is 1. The van der Waals surface area contributed by atoms with Crippen molar-refractivity contribution in [2.45, 2.75) is 18.6 Å². The van der Waals surface area contributed by atoms with Crippen LogP contribution in [0.3, 0.4) is 0 Å². The molecule has 0 aliphatic carbocycles. The maximum atomic E-state index is 11.1. The van der Waals surface area contributed by atoms with E-state index in [0.717, 1.165) is 13.0 Å². The van der Waals surface area contributed by atoms with E-state index in [1.165, 1.54) is 0 Å². The van der Waals surface area contributed by atoms with Crippen LogP contribution in [0.15, 0.2) is 0 Å². The van der Waals surface area contributed by atoms with E-state index >= 15 is 0 Å². The molecule has 0 N–H and O–H groups in total. The smallest absolute Gasteiger partial charge is 0.237 e. The normalized spacial score (nSPS) is 34.8. The highest BCUT2D eigenvalue weighted by Gasteiger charge is 2.40. The number of halogens is 1. The Morgan fingerprint density at radius 2 is 2.55 bits per heavy atom. The Labute approximate surface area is 70.3 Å². The molecule has 11 heavy (non-hydrogen) atoms. The molecule has 0 spiro atoms. The van der Waals surface area contributed by atoms with Crippen LogP contribution in [-0.4, -0.2) is 42.0 Å². The number of carbonyl (C=O) groups excluding carboxylic acids is 1. The Morgan fingerprint density at radius 3 is 3.00 bits per heavy atom. The van der Waals surface area contributed by atoms with Gasteiger partial charge in [0.1, 0.15) is 5.88 Å². The Morgan fingerprint density at radius 1 is 1.73 bits per heavy atom. The van der Waals surface area contributed by atoms with E-state index in [4.69, 9.17) is 16.3 Å². The van der Waals surface area contributed by atoms with Crippen LogP contribution in [0.4, 0.5) is 0 Å². The topological polar surface area (TPSA) is 29.5 Å². The molecule has 0 aromatic heterocycles. The van der Waals surface area contributed by atoms with Crippen LogP contribution in [0.1, 0.15) is 6.42 Å². The summed E-state index contributed by atoms with van der Waals surface area (Å²) >= 11 is 5.44. The largest absolute Gasteiger partial charge is 0.374 e. The lowest BCUT2D eigenvalue weighted by atomic mass is 10.2. The summed E-state index contributed by atoms with van der Waals surface area (Å²) in [5.74, 6) is 0.144. The summed E-state index contributed by atoms with van der Waals surface area (Å²) in [6, 6.07) is 0.311. The molecular weight excluding hydrogens is 166 g/mol. The van der Waals surface area contributed by atoms with Gasteiger partial charge in [0.2, 0.25) is 5.91 Å². The summed E-state index contributed by atoms with van der Waals surface area (Å²) in [5.41, 5.74) is 0. The van der Waals surface area contributed by atoms with E-state index in [9.17, 15) is 4.79 Å². The number of amides is 1. The van der Waals surface area contributed by atoms with E-state index in [0.29, 0.717) is 12.6 Å². The maximum Gasteiger partial charge on any atom is 0.237 e. The Balaban J connectivity index is 2.02. The van der Waals surface area contributed by atoms with Crippen molar-refractivity contribution < 1.29 is 9.53 Å². The lowest BCUT2D eigenvalue weighted by molar-refractivity contribution is -0.132. The predicted molar refractivity (Wildman–Crippen MR) is 40.6 cm³/mol. The van der Waals surface area contributed by atoms with Gasteiger partial charge in [-0.15, -0.1) is 11.6 Å². The van der Waals surface area contributed by atoms with Crippen molar-refractivity contribution in [2.24, 2.45) is 0 Å². The van der Waals surface area contributed by atoms with Crippen LogP contribution in [0.25, 0.3) is 0 Å². The van der Waals surface area contributed by atoms with Crippen molar-refractivity contribution in [3.8, 4) is 0 Å². The summed E-state index contributed by atoms with van der Waals surface area (Å²) < 4.78 is 5.34. The second-order valence-corrected chi connectivity index (χ2v) is 3.29. The summed E-state index contributed by atoms with van der Waals surface area (Å²) in [5, 5.41) is 0. The van der Waals surface area contributed by atoms with E-state index in [2.05, 4.69) is 0 Å². The monoisotopic (exact) mass is 175 g/mol. The first-order valence-electron chi connectivity index (χ1n) is 3.78. The molecule has 0 radical (unpaired) electrons. The first-order valence-corrected chi connectivity index (χ1v) is 4.31. The fourth-order valence-electron chi connectivity index (χ4n) is 1.78. The van der Waals surface area contributed by atoms with Gasteiger partial charge in [0, 0.05) is 6.54 Å². The fourth-order valence-corrected chi connectivity index (χ4v) is 1.94. The average Bonchev–Trinajstić information content (AvgIpc) is 2.62. The number of carbonyl (C=O) groups is 1. The molecule has 62 valence electrons. The lowest BCUT2D eigenvalue weighted by Gasteiger charge is -2.25. The van der Waals surface area contributed by atoms with Crippen molar-refractivity contribution in [3.05, 3.63) is 0 Å². The first kappa shape index (κ1) is 7.37. The number of rotatable bonds is 1. The Kier molecular flexibility index (Phi) is 1.77. The average molecular weight is 176 g/mol. The lowest BCUT2D eigenvalue weighted by Crippen LogP contribution is -2.42. The highest BCUT2D eigenvalue weighted by atomic mass is 35.5. The molecule has 2 saturated heterocycles. The molecule has 2 heterocycles. The third-order valence-corrected chi connectivity index (χ3v) is 2.56. The van der Waals surface area contributed by atoms with Gasteiger partial charge < -0.3 is 9.64 Å². The van der Waals surface area contributed by atoms with Crippen LogP contribution in [0, 0.1) is 0 Å². The van der Waals surface area contributed by atoms with Gasteiger partial charge in [0.05, 0.1) is 18.8 Å². The molecule has 2 bridgehead atoms. The molecule has 0 unspecified atom stereocenters. The summed E-state index contributed by atoms with van der Waals surface area (Å²) in [7, 11) is 0. The number of hydrogen-bond donors (Lipinski definition) is 0. The van der Waals surface area contributed by atoms with E-state index in [1.54, 1.807) is 0 Å². The predicted octanol–water partition coefficient (Wildman–Crippen LogP) is 0.225. The molecule has 2 atom stereocenters. The quantitative estimate of drug-likeness (QED) is 0.534. The van der Waals surface area contributed by atoms with Gasteiger partial charge in [-0.3, -0.25) is 4.79 Å². The Hall–Kier alpha value is -0.280. The van der Waals surface area contributed by atoms with Crippen LogP contribution >= 0.6 is 11.6 Å². The summed E-state index contributed by atoms with van der Waals surface area (Å²) in [6.07, 6.45) is 1.29. The van der Waals surface area contributed by atoms with Crippen molar-refractivity contribution in [1.82, 2.24) is 4.90 Å². The number of morpholine rings is 1. The highest BCUT2D eigenvalue weighted by Crippen LogP contribution is 2.27. The third kappa shape index (κ3) is 1.12. The zero-order valence-corrected chi connectivity index (χ0v) is 6.88. The minimum atomic E-state index is 0.0440. The molecule has 0 aromatic carbocycles. The first-order chi connectivity index (χ1) is 5.31. The van der Waals surface area contributed by atoms with Crippen molar-refractivity contribution in [1.29, 1.82) is 0 Å². The van der Waals surface area contributed by atoms with Crippen LogP contribution < -0.4 is 0 Å². The molecule has 2 aliphatic rings. The number of alkyl halides is 1. The molecule has 3 nitrogen and oxygen atoms in total. The van der Waals surface area contributed by atoms with Gasteiger partial charge in [-0.1, -0.05) is 0 Å². The molecule has 2 aliphatic heterocycles. The zero-order valence-electron chi connectivity index (χ0n) is 6.12. The van der Waals surface area contributed by atoms with Crippen LogP contribution in [-0.2, 0) is 9.53 Å². The van der Waals surface area contributed by atoms with Crippen molar-refractivity contribution in [3.63, 3.8) is 0 Å². The Bertz CT molecular complexity index is 185. The molecule has 0 aromatic rings. The minimum Gasteiger partial charge on any atom is -0.374 e. The van der Waals surface area contributed by atoms with Gasteiger partial charge in [0.15, 0.2) is 0 Å². The number of nitrogens with zero attached hydrogens (tertiary/aromatic N) is 1.